The van der Waals surface area contributed by atoms with E-state index < -0.39 is 18.5 Å². The minimum atomic E-state index is -4.55. The number of aryl methyl sites for hydroxylation is 1. The fraction of sp³-hybridized carbons (Fsp3) is 0.444. The van der Waals surface area contributed by atoms with E-state index >= 15 is 0 Å². The molecule has 0 saturated carbocycles. The Morgan fingerprint density at radius 1 is 1.53 bits per heavy atom. The number of hydrogen-bond acceptors (Lipinski definition) is 5. The second-order valence-electron chi connectivity index (χ2n) is 3.61. The van der Waals surface area contributed by atoms with Gasteiger partial charge in [0.05, 0.1) is 4.88 Å². The van der Waals surface area contributed by atoms with E-state index in [1.54, 1.807) is 12.1 Å². The summed E-state index contributed by atoms with van der Waals surface area (Å²) in [5.74, 6) is -2.47. The zero-order chi connectivity index (χ0) is 12.7. The lowest BCUT2D eigenvalue weighted by molar-refractivity contribution is -0.266. The first-order valence-corrected chi connectivity index (χ1v) is 5.49. The second-order valence-corrected chi connectivity index (χ2v) is 4.90. The molecule has 1 aromatic heterocycles. The average Bonchev–Trinajstić information content (AvgIpc) is 2.69. The van der Waals surface area contributed by atoms with Crippen LogP contribution in [-0.4, -0.2) is 23.0 Å². The van der Waals surface area contributed by atoms with Crippen molar-refractivity contribution in [3.8, 4) is 0 Å². The van der Waals surface area contributed by atoms with E-state index in [1.165, 1.54) is 11.3 Å². The van der Waals surface area contributed by atoms with Crippen molar-refractivity contribution in [3.63, 3.8) is 0 Å². The van der Waals surface area contributed by atoms with Gasteiger partial charge in [-0.2, -0.15) is 13.2 Å². The molecular weight excluding hydrogens is 257 g/mol. The zero-order valence-electron chi connectivity index (χ0n) is 8.71. The van der Waals surface area contributed by atoms with Gasteiger partial charge in [0, 0.05) is 4.88 Å². The van der Waals surface area contributed by atoms with Crippen LogP contribution in [0.4, 0.5) is 13.2 Å². The summed E-state index contributed by atoms with van der Waals surface area (Å²) in [4.78, 5) is 9.59. The van der Waals surface area contributed by atoms with Crippen LogP contribution in [-0.2, 0) is 4.84 Å². The van der Waals surface area contributed by atoms with Crippen LogP contribution in [0.2, 0.25) is 0 Å². The molecule has 0 aromatic carbocycles. The van der Waals surface area contributed by atoms with Crippen LogP contribution in [0.5, 0.6) is 0 Å². The van der Waals surface area contributed by atoms with Crippen molar-refractivity contribution >= 4 is 17.2 Å². The molecule has 17 heavy (non-hydrogen) atoms. The van der Waals surface area contributed by atoms with E-state index in [1.807, 2.05) is 6.92 Å². The topological polar surface area (TPSA) is 53.9 Å². The highest BCUT2D eigenvalue weighted by molar-refractivity contribution is 7.14. The molecule has 0 aliphatic carbocycles. The molecule has 1 atom stereocenters. The van der Waals surface area contributed by atoms with Gasteiger partial charge >= 0.3 is 6.18 Å². The first-order chi connectivity index (χ1) is 7.77. The number of halogens is 3. The van der Waals surface area contributed by atoms with Crippen molar-refractivity contribution in [1.82, 2.24) is 5.48 Å². The Balaban J connectivity index is 2.18. The Kier molecular flexibility index (Phi) is 2.88. The summed E-state index contributed by atoms with van der Waals surface area (Å²) >= 11 is 1.34. The Bertz CT molecular complexity index is 457. The number of aliphatic imine (C=N–C) groups is 1. The molecule has 94 valence electrons. The first-order valence-electron chi connectivity index (χ1n) is 4.67. The van der Waals surface area contributed by atoms with Crippen LogP contribution < -0.4 is 5.48 Å². The molecular formula is C9H9F3N2O2S. The highest BCUT2D eigenvalue weighted by atomic mass is 32.1. The summed E-state index contributed by atoms with van der Waals surface area (Å²) in [6.07, 6.45) is -6.11. The van der Waals surface area contributed by atoms with Gasteiger partial charge in [0.2, 0.25) is 0 Å². The molecule has 1 aliphatic heterocycles. The van der Waals surface area contributed by atoms with E-state index in [0.717, 1.165) is 4.88 Å². The van der Waals surface area contributed by atoms with Crippen LogP contribution in [0.3, 0.4) is 0 Å². The molecule has 1 unspecified atom stereocenters. The molecule has 8 heteroatoms. The molecule has 0 fully saturated rings. The van der Waals surface area contributed by atoms with Gasteiger partial charge in [-0.1, -0.05) is 0 Å². The lowest BCUT2D eigenvalue weighted by atomic mass is 10.3. The number of nitrogens with one attached hydrogen (secondary N) is 1. The predicted molar refractivity (Wildman–Crippen MR) is 55.4 cm³/mol. The number of hydroxylamine groups is 1. The van der Waals surface area contributed by atoms with Gasteiger partial charge < -0.3 is 5.11 Å². The molecule has 0 bridgehead atoms. The minimum absolute atomic E-state index is 0.106. The SMILES string of the molecule is Cc1ccc(C2=NC(O)(CC(F)(F)F)ON2)s1. The average molecular weight is 266 g/mol. The molecule has 2 N–H and O–H groups in total. The van der Waals surface area contributed by atoms with E-state index in [0.29, 0.717) is 4.88 Å². The molecule has 0 radical (unpaired) electrons. The number of aliphatic hydroxyl groups is 1. The molecule has 2 rings (SSSR count). The molecule has 0 amide bonds. The van der Waals surface area contributed by atoms with Crippen LogP contribution in [0.25, 0.3) is 0 Å². The maximum Gasteiger partial charge on any atom is 0.396 e. The van der Waals surface area contributed by atoms with Crippen molar-refractivity contribution in [2.24, 2.45) is 4.99 Å². The highest BCUT2D eigenvalue weighted by Crippen LogP contribution is 2.32. The Hall–Kier alpha value is -1.12. The van der Waals surface area contributed by atoms with Crippen molar-refractivity contribution < 1.29 is 23.1 Å². The van der Waals surface area contributed by atoms with Gasteiger partial charge in [-0.25, -0.2) is 15.3 Å². The molecule has 1 aromatic rings. The lowest BCUT2D eigenvalue weighted by Gasteiger charge is -2.17. The fourth-order valence-electron chi connectivity index (χ4n) is 1.35. The predicted octanol–water partition coefficient (Wildman–Crippen LogP) is 1.94. The summed E-state index contributed by atoms with van der Waals surface area (Å²) < 4.78 is 36.5. The van der Waals surface area contributed by atoms with E-state index in [2.05, 4.69) is 15.3 Å². The first kappa shape index (κ1) is 12.3. The monoisotopic (exact) mass is 266 g/mol. The van der Waals surface area contributed by atoms with Crippen LogP contribution in [0, 0.1) is 6.92 Å². The molecule has 2 heterocycles. The minimum Gasteiger partial charge on any atom is -0.346 e. The summed E-state index contributed by atoms with van der Waals surface area (Å²) in [6.45, 7) is 1.85. The molecule has 0 spiro atoms. The summed E-state index contributed by atoms with van der Waals surface area (Å²) in [7, 11) is 0. The molecule has 1 aliphatic rings. The van der Waals surface area contributed by atoms with Crippen LogP contribution in [0.15, 0.2) is 17.1 Å². The van der Waals surface area contributed by atoms with Gasteiger partial charge in [-0.05, 0) is 19.1 Å². The van der Waals surface area contributed by atoms with E-state index in [4.69, 9.17) is 0 Å². The van der Waals surface area contributed by atoms with Crippen LogP contribution >= 0.6 is 11.3 Å². The van der Waals surface area contributed by atoms with Crippen molar-refractivity contribution in [1.29, 1.82) is 0 Å². The summed E-state index contributed by atoms with van der Waals surface area (Å²) in [5, 5.41) is 9.48. The third-order valence-corrected chi connectivity index (χ3v) is 3.01. The Labute approximate surface area is 98.7 Å². The number of amidine groups is 1. The second kappa shape index (κ2) is 3.97. The maximum absolute atomic E-state index is 12.2. The number of alkyl halides is 3. The Morgan fingerprint density at radius 3 is 2.76 bits per heavy atom. The number of nitrogens with zero attached hydrogens (tertiary/aromatic N) is 1. The molecule has 4 nitrogen and oxygen atoms in total. The normalized spacial score (nSPS) is 24.6. The quantitative estimate of drug-likeness (QED) is 0.860. The van der Waals surface area contributed by atoms with Gasteiger partial charge in [0.1, 0.15) is 6.42 Å². The number of rotatable bonds is 2. The zero-order valence-corrected chi connectivity index (χ0v) is 9.52. The van der Waals surface area contributed by atoms with Crippen molar-refractivity contribution in [3.05, 3.63) is 21.9 Å². The third-order valence-electron chi connectivity index (χ3n) is 2.00. The largest absolute Gasteiger partial charge is 0.396 e. The highest BCUT2D eigenvalue weighted by Gasteiger charge is 2.46. The fourth-order valence-corrected chi connectivity index (χ4v) is 2.16. The molecule has 0 saturated heterocycles. The van der Waals surface area contributed by atoms with Crippen molar-refractivity contribution in [2.75, 3.05) is 0 Å². The lowest BCUT2D eigenvalue weighted by Crippen LogP contribution is -2.35. The van der Waals surface area contributed by atoms with E-state index in [9.17, 15) is 18.3 Å². The maximum atomic E-state index is 12.2. The smallest absolute Gasteiger partial charge is 0.346 e. The Morgan fingerprint density at radius 2 is 2.24 bits per heavy atom. The summed E-state index contributed by atoms with van der Waals surface area (Å²) in [5.41, 5.74) is 2.21. The number of hydrogen-bond donors (Lipinski definition) is 2. The van der Waals surface area contributed by atoms with Gasteiger partial charge in [0.15, 0.2) is 5.84 Å². The standard InChI is InChI=1S/C9H9F3N2O2S/c1-5-2-3-6(17-5)7-13-9(15,16-14-7)4-8(10,11)12/h2-3,15H,4H2,1H3,(H,13,14). The van der Waals surface area contributed by atoms with Gasteiger partial charge in [-0.15, -0.1) is 11.3 Å². The van der Waals surface area contributed by atoms with E-state index in [-0.39, 0.29) is 5.84 Å². The third kappa shape index (κ3) is 2.96. The van der Waals surface area contributed by atoms with Crippen LogP contribution in [0.1, 0.15) is 16.2 Å². The van der Waals surface area contributed by atoms with Gasteiger partial charge in [0.25, 0.3) is 5.91 Å². The van der Waals surface area contributed by atoms with Crippen molar-refractivity contribution in [2.45, 2.75) is 25.4 Å². The van der Waals surface area contributed by atoms with Gasteiger partial charge in [-0.3, -0.25) is 0 Å². The number of thiophene rings is 1. The summed E-state index contributed by atoms with van der Waals surface area (Å²) in [6, 6.07) is 3.49.